The topological polar surface area (TPSA) is 125 Å². The fraction of sp³-hybridized carbons (Fsp3) is 0.414. The number of nitrogens with zero attached hydrogens (tertiary/aromatic N) is 1. The van der Waals surface area contributed by atoms with E-state index in [0.717, 1.165) is 6.42 Å². The van der Waals surface area contributed by atoms with E-state index < -0.39 is 24.2 Å². The number of carbonyl (C=O) groups is 3. The Morgan fingerprint density at radius 3 is 2.61 bits per heavy atom. The molecule has 0 aromatic heterocycles. The maximum absolute atomic E-state index is 13.5. The van der Waals surface area contributed by atoms with Crippen LogP contribution >= 0.6 is 45.8 Å². The molecular weight excluding hydrogens is 686 g/mol. The van der Waals surface area contributed by atoms with Gasteiger partial charge in [0, 0.05) is 37.1 Å². The Morgan fingerprint density at radius 2 is 1.98 bits per heavy atom. The molecule has 3 atom stereocenters. The van der Waals surface area contributed by atoms with Gasteiger partial charge in [-0.25, -0.2) is 0 Å². The molecule has 0 fully saturated rings. The minimum absolute atomic E-state index is 0.0379. The summed E-state index contributed by atoms with van der Waals surface area (Å²) >= 11 is 14.3. The van der Waals surface area contributed by atoms with Crippen molar-refractivity contribution >= 4 is 63.9 Å². The molecule has 0 saturated heterocycles. The summed E-state index contributed by atoms with van der Waals surface area (Å²) in [6.07, 6.45) is 1.67. The summed E-state index contributed by atoms with van der Waals surface area (Å²) in [5.41, 5.74) is 1.38. The molecule has 0 heterocycles. The first-order valence-electron chi connectivity index (χ1n) is 13.1. The molecule has 2 amide bonds. The molecule has 3 N–H and O–H groups in total. The van der Waals surface area contributed by atoms with Crippen LogP contribution in [0.1, 0.15) is 48.5 Å². The van der Waals surface area contributed by atoms with Crippen molar-refractivity contribution in [1.29, 1.82) is 0 Å². The fourth-order valence-corrected chi connectivity index (χ4v) is 5.61. The summed E-state index contributed by atoms with van der Waals surface area (Å²) in [6, 6.07) is 7.35. The van der Waals surface area contributed by atoms with E-state index >= 15 is 0 Å². The highest BCUT2D eigenvalue weighted by Crippen LogP contribution is 2.37. The van der Waals surface area contributed by atoms with Crippen LogP contribution in [0.3, 0.4) is 0 Å². The van der Waals surface area contributed by atoms with Gasteiger partial charge in [0.15, 0.2) is 11.5 Å². The van der Waals surface area contributed by atoms with Gasteiger partial charge < -0.3 is 29.9 Å². The molecule has 0 saturated carbocycles. The Morgan fingerprint density at radius 1 is 1.22 bits per heavy atom. The van der Waals surface area contributed by atoms with Gasteiger partial charge >= 0.3 is 0 Å². The van der Waals surface area contributed by atoms with Crippen molar-refractivity contribution in [2.24, 2.45) is 0 Å². The molecule has 3 rings (SSSR count). The van der Waals surface area contributed by atoms with Crippen molar-refractivity contribution in [1.82, 2.24) is 10.2 Å². The standard InChI is InChI=1S/C29H33Cl2IN2O7/c1-3-4-5-26(37)34(15-17-6-7-20(30)21(31)10-17)23-13-19(29(39)33-8-9-35)14-24(27(23)38)41-28-22(32)11-18(16-36)12-25(28)40-2/h6-7,10-12,14,16,23-24,27,35,38H,3-5,8-9,13,15H2,1-2H3,(H,33,39)/t23-,24+,27+/m1/s1. The lowest BCUT2D eigenvalue weighted by molar-refractivity contribution is -0.139. The summed E-state index contributed by atoms with van der Waals surface area (Å²) in [5.74, 6) is -0.0824. The Labute approximate surface area is 262 Å². The molecule has 2 aromatic rings. The van der Waals surface area contributed by atoms with E-state index in [2.05, 4.69) is 5.32 Å². The number of aliphatic hydroxyl groups is 2. The van der Waals surface area contributed by atoms with Crippen molar-refractivity contribution in [3.63, 3.8) is 0 Å². The van der Waals surface area contributed by atoms with Crippen LogP contribution in [0.2, 0.25) is 10.0 Å². The van der Waals surface area contributed by atoms with Crippen LogP contribution in [0.5, 0.6) is 11.5 Å². The van der Waals surface area contributed by atoms with Gasteiger partial charge in [0.1, 0.15) is 18.5 Å². The van der Waals surface area contributed by atoms with Gasteiger partial charge in [-0.05, 0) is 64.9 Å². The summed E-state index contributed by atoms with van der Waals surface area (Å²) in [5, 5.41) is 24.2. The number of halogens is 3. The number of unbranched alkanes of at least 4 members (excludes halogenated alkanes) is 1. The van der Waals surface area contributed by atoms with E-state index in [0.29, 0.717) is 43.0 Å². The third kappa shape index (κ3) is 8.57. The van der Waals surface area contributed by atoms with Crippen LogP contribution in [0.25, 0.3) is 0 Å². The second-order valence-corrected chi connectivity index (χ2v) is 11.5. The molecule has 2 aromatic carbocycles. The van der Waals surface area contributed by atoms with E-state index in [1.165, 1.54) is 19.3 Å². The number of benzene rings is 2. The number of hydrogen-bond donors (Lipinski definition) is 3. The van der Waals surface area contributed by atoms with Crippen molar-refractivity contribution in [3.05, 3.63) is 66.7 Å². The Balaban J connectivity index is 2.05. The molecule has 1 aliphatic carbocycles. The molecule has 41 heavy (non-hydrogen) atoms. The Bertz CT molecular complexity index is 1290. The number of rotatable bonds is 13. The zero-order chi connectivity index (χ0) is 30.1. The average molecular weight is 719 g/mol. The molecule has 0 spiro atoms. The van der Waals surface area contributed by atoms with Crippen LogP contribution in [0.15, 0.2) is 42.0 Å². The fourth-order valence-electron chi connectivity index (χ4n) is 4.53. The first kappa shape index (κ1) is 33.1. The highest BCUT2D eigenvalue weighted by Gasteiger charge is 2.41. The molecule has 0 bridgehead atoms. The normalized spacial score (nSPS) is 18.3. The number of carbonyl (C=O) groups excluding carboxylic acids is 3. The van der Waals surface area contributed by atoms with E-state index in [-0.39, 0.29) is 49.9 Å². The second-order valence-electron chi connectivity index (χ2n) is 9.54. The predicted octanol–water partition coefficient (Wildman–Crippen LogP) is 4.55. The summed E-state index contributed by atoms with van der Waals surface area (Å²) in [6.45, 7) is 1.89. The van der Waals surface area contributed by atoms with Gasteiger partial charge in [-0.15, -0.1) is 0 Å². The number of ether oxygens (including phenoxy) is 2. The van der Waals surface area contributed by atoms with Gasteiger partial charge in [0.2, 0.25) is 11.8 Å². The molecule has 12 heteroatoms. The van der Waals surface area contributed by atoms with Crippen LogP contribution in [0.4, 0.5) is 0 Å². The lowest BCUT2D eigenvalue weighted by atomic mass is 9.87. The minimum Gasteiger partial charge on any atom is -0.493 e. The number of nitrogens with one attached hydrogen (secondary N) is 1. The zero-order valence-electron chi connectivity index (χ0n) is 22.7. The monoisotopic (exact) mass is 718 g/mol. The Hall–Kier alpha value is -2.38. The zero-order valence-corrected chi connectivity index (χ0v) is 26.4. The Kier molecular flexibility index (Phi) is 12.7. The van der Waals surface area contributed by atoms with E-state index in [1.807, 2.05) is 29.5 Å². The first-order chi connectivity index (χ1) is 19.6. The first-order valence-corrected chi connectivity index (χ1v) is 15.0. The van der Waals surface area contributed by atoms with Crippen molar-refractivity contribution in [3.8, 4) is 11.5 Å². The van der Waals surface area contributed by atoms with Crippen LogP contribution in [-0.4, -0.2) is 71.7 Å². The summed E-state index contributed by atoms with van der Waals surface area (Å²) in [4.78, 5) is 39.5. The van der Waals surface area contributed by atoms with Crippen molar-refractivity contribution < 1.29 is 34.1 Å². The maximum Gasteiger partial charge on any atom is 0.247 e. The van der Waals surface area contributed by atoms with Crippen LogP contribution in [-0.2, 0) is 16.1 Å². The van der Waals surface area contributed by atoms with Crippen LogP contribution in [0, 0.1) is 3.57 Å². The smallest absolute Gasteiger partial charge is 0.247 e. The minimum atomic E-state index is -1.23. The van der Waals surface area contributed by atoms with Crippen molar-refractivity contribution in [2.45, 2.75) is 57.4 Å². The SMILES string of the molecule is CCCCC(=O)N(Cc1ccc(Cl)c(Cl)c1)[C@@H]1CC(C(=O)NCCO)=C[C@H](Oc2c(I)cc(C=O)cc2OC)[C@H]1O. The van der Waals surface area contributed by atoms with Gasteiger partial charge in [0.25, 0.3) is 0 Å². The molecule has 0 aliphatic heterocycles. The highest BCUT2D eigenvalue weighted by atomic mass is 127. The highest BCUT2D eigenvalue weighted by molar-refractivity contribution is 14.1. The van der Waals surface area contributed by atoms with Gasteiger partial charge in [-0.1, -0.05) is 42.6 Å². The second kappa shape index (κ2) is 15.7. The molecular formula is C29H33Cl2IN2O7. The maximum atomic E-state index is 13.5. The largest absolute Gasteiger partial charge is 0.493 e. The average Bonchev–Trinajstić information content (AvgIpc) is 2.96. The quantitative estimate of drug-likeness (QED) is 0.205. The molecule has 1 aliphatic rings. The van der Waals surface area contributed by atoms with Gasteiger partial charge in [-0.3, -0.25) is 14.4 Å². The third-order valence-corrected chi connectivity index (χ3v) is 8.20. The summed E-state index contributed by atoms with van der Waals surface area (Å²) < 4.78 is 12.3. The predicted molar refractivity (Wildman–Crippen MR) is 165 cm³/mol. The molecule has 0 radical (unpaired) electrons. The van der Waals surface area contributed by atoms with Gasteiger partial charge in [-0.2, -0.15) is 0 Å². The number of amides is 2. The summed E-state index contributed by atoms with van der Waals surface area (Å²) in [7, 11) is 1.43. The lowest BCUT2D eigenvalue weighted by Crippen LogP contribution is -2.54. The van der Waals surface area contributed by atoms with E-state index in [9.17, 15) is 24.6 Å². The van der Waals surface area contributed by atoms with E-state index in [4.69, 9.17) is 32.7 Å². The number of aldehydes is 1. The number of aliphatic hydroxyl groups excluding tert-OH is 2. The molecule has 222 valence electrons. The number of methoxy groups -OCH3 is 1. The van der Waals surface area contributed by atoms with E-state index in [1.54, 1.807) is 29.2 Å². The van der Waals surface area contributed by atoms with Crippen molar-refractivity contribution in [2.75, 3.05) is 20.3 Å². The van der Waals surface area contributed by atoms with Crippen LogP contribution < -0.4 is 14.8 Å². The number of hydrogen-bond acceptors (Lipinski definition) is 7. The van der Waals surface area contributed by atoms with Gasteiger partial charge in [0.05, 0.1) is 33.4 Å². The third-order valence-electron chi connectivity index (χ3n) is 6.66. The molecule has 0 unspecified atom stereocenters. The lowest BCUT2D eigenvalue weighted by Gasteiger charge is -2.41. The molecule has 9 nitrogen and oxygen atoms in total.